The molecule has 0 bridgehead atoms. The Labute approximate surface area is 205 Å². The zero-order chi connectivity index (χ0) is 24.8. The van der Waals surface area contributed by atoms with E-state index in [1.54, 1.807) is 6.07 Å². The highest BCUT2D eigenvalue weighted by atomic mass is 32.1. The van der Waals surface area contributed by atoms with Gasteiger partial charge in [0.25, 0.3) is 5.91 Å². The normalized spacial score (nSPS) is 12.7. The highest BCUT2D eigenvalue weighted by Gasteiger charge is 2.23. The van der Waals surface area contributed by atoms with E-state index < -0.39 is 10.8 Å². The lowest BCUT2D eigenvalue weighted by Gasteiger charge is -2.09. The molecule has 0 radical (unpaired) electrons. The quantitative estimate of drug-likeness (QED) is 0.203. The Morgan fingerprint density at radius 2 is 1.94 bits per heavy atom. The topological polar surface area (TPSA) is 129 Å². The van der Waals surface area contributed by atoms with E-state index in [0.717, 1.165) is 41.7 Å². The van der Waals surface area contributed by atoms with Gasteiger partial charge in [-0.05, 0) is 54.5 Å². The van der Waals surface area contributed by atoms with Crippen molar-refractivity contribution in [3.63, 3.8) is 0 Å². The Balaban J connectivity index is 1.55. The maximum Gasteiger partial charge on any atom is 0.311 e. The van der Waals surface area contributed by atoms with Crippen LogP contribution in [0.3, 0.4) is 0 Å². The average Bonchev–Trinajstić information content (AvgIpc) is 3.23. The summed E-state index contributed by atoms with van der Waals surface area (Å²) >= 11 is 1.36. The van der Waals surface area contributed by atoms with Crippen molar-refractivity contribution < 1.29 is 14.5 Å². The van der Waals surface area contributed by atoms with E-state index in [2.05, 4.69) is 11.4 Å². The van der Waals surface area contributed by atoms with Gasteiger partial charge in [0.1, 0.15) is 29.3 Å². The summed E-state index contributed by atoms with van der Waals surface area (Å²) in [6.45, 7) is 0.161. The molecular formula is C26H20N4O4S. The Bertz CT molecular complexity index is 1400. The number of nitrogens with one attached hydrogen (secondary N) is 1. The molecule has 0 aliphatic heterocycles. The average molecular weight is 485 g/mol. The van der Waals surface area contributed by atoms with E-state index in [-0.39, 0.29) is 23.6 Å². The Morgan fingerprint density at radius 3 is 2.66 bits per heavy atom. The van der Waals surface area contributed by atoms with Crippen molar-refractivity contribution in [3.8, 4) is 17.9 Å². The third-order valence-corrected chi connectivity index (χ3v) is 6.81. The summed E-state index contributed by atoms with van der Waals surface area (Å²) in [5.41, 5.74) is 2.09. The van der Waals surface area contributed by atoms with E-state index >= 15 is 0 Å². The fourth-order valence-corrected chi connectivity index (χ4v) is 5.12. The second-order valence-corrected chi connectivity index (χ2v) is 9.01. The molecule has 8 nitrogen and oxygen atoms in total. The van der Waals surface area contributed by atoms with Crippen LogP contribution in [0.1, 0.15) is 40.0 Å². The number of fused-ring (bicyclic) bond motifs is 1. The molecule has 0 fully saturated rings. The minimum Gasteiger partial charge on any atom is -0.482 e. The molecule has 1 N–H and O–H groups in total. The molecular weight excluding hydrogens is 464 g/mol. The largest absolute Gasteiger partial charge is 0.482 e. The maximum absolute atomic E-state index is 12.8. The molecule has 1 aliphatic rings. The standard InChI is InChI=1S/C26H20N4O4S/c27-14-19(25(31)29-26-21(15-28)20-8-4-5-9-24(20)35-26)12-18-10-11-23(22(13-18)30(32)33)34-16-17-6-2-1-3-7-17/h1-3,6-7,10-13H,4-5,8-9,16H2,(H,29,31)/b19-12+. The van der Waals surface area contributed by atoms with Gasteiger partial charge in [0.05, 0.1) is 10.5 Å². The van der Waals surface area contributed by atoms with Gasteiger partial charge in [-0.2, -0.15) is 10.5 Å². The third kappa shape index (κ3) is 5.37. The van der Waals surface area contributed by atoms with Crippen molar-refractivity contribution in [2.45, 2.75) is 32.3 Å². The number of nitrogens with zero attached hydrogens (tertiary/aromatic N) is 3. The van der Waals surface area contributed by atoms with Crippen LogP contribution in [0.25, 0.3) is 6.08 Å². The van der Waals surface area contributed by atoms with Gasteiger partial charge in [-0.3, -0.25) is 14.9 Å². The van der Waals surface area contributed by atoms with Crippen LogP contribution in [-0.4, -0.2) is 10.8 Å². The summed E-state index contributed by atoms with van der Waals surface area (Å²) in [6, 6.07) is 17.5. The molecule has 0 spiro atoms. The molecule has 2 aromatic carbocycles. The first-order valence-electron chi connectivity index (χ1n) is 10.9. The molecule has 1 aliphatic carbocycles. The highest BCUT2D eigenvalue weighted by molar-refractivity contribution is 7.16. The van der Waals surface area contributed by atoms with Gasteiger partial charge < -0.3 is 10.1 Å². The van der Waals surface area contributed by atoms with Crippen molar-refractivity contribution in [3.05, 3.63) is 91.3 Å². The first-order chi connectivity index (χ1) is 17.0. The number of rotatable bonds is 7. The van der Waals surface area contributed by atoms with Crippen molar-refractivity contribution in [2.75, 3.05) is 5.32 Å². The van der Waals surface area contributed by atoms with Crippen molar-refractivity contribution in [2.24, 2.45) is 0 Å². The maximum atomic E-state index is 12.8. The lowest BCUT2D eigenvalue weighted by molar-refractivity contribution is -0.386. The van der Waals surface area contributed by atoms with Crippen LogP contribution in [0, 0.1) is 32.8 Å². The number of nitriles is 2. The smallest absolute Gasteiger partial charge is 0.311 e. The number of aryl methyl sites for hydroxylation is 1. The number of ether oxygens (including phenoxy) is 1. The SMILES string of the molecule is N#C/C(=C\c1ccc(OCc2ccccc2)c([N+](=O)[O-])c1)C(=O)Nc1sc2c(c1C#N)CCCC2. The summed E-state index contributed by atoms with van der Waals surface area (Å²) in [7, 11) is 0. The number of nitro groups is 1. The summed E-state index contributed by atoms with van der Waals surface area (Å²) in [4.78, 5) is 24.9. The van der Waals surface area contributed by atoms with Crippen molar-refractivity contribution >= 4 is 34.0 Å². The number of carbonyl (C=O) groups is 1. The van der Waals surface area contributed by atoms with Gasteiger partial charge in [-0.25, -0.2) is 0 Å². The zero-order valence-corrected chi connectivity index (χ0v) is 19.4. The number of amides is 1. The number of carbonyl (C=O) groups excluding carboxylic acids is 1. The van der Waals surface area contributed by atoms with Crippen molar-refractivity contribution in [1.29, 1.82) is 10.5 Å². The number of hydrogen-bond donors (Lipinski definition) is 1. The van der Waals surface area contributed by atoms with Gasteiger partial charge in [0, 0.05) is 10.9 Å². The number of benzene rings is 2. The van der Waals surface area contributed by atoms with Gasteiger partial charge in [0.2, 0.25) is 0 Å². The minimum atomic E-state index is -0.672. The predicted molar refractivity (Wildman–Crippen MR) is 132 cm³/mol. The van der Waals surface area contributed by atoms with E-state index in [1.807, 2.05) is 36.4 Å². The van der Waals surface area contributed by atoms with E-state index in [0.29, 0.717) is 16.1 Å². The molecule has 1 aromatic heterocycles. The fraction of sp³-hybridized carbons (Fsp3) is 0.192. The Kier molecular flexibility index (Phi) is 7.20. The zero-order valence-electron chi connectivity index (χ0n) is 18.6. The predicted octanol–water partition coefficient (Wildman–Crippen LogP) is 5.53. The second kappa shape index (κ2) is 10.6. The number of hydrogen-bond acceptors (Lipinski definition) is 7. The third-order valence-electron chi connectivity index (χ3n) is 5.60. The van der Waals surface area contributed by atoms with Crippen LogP contribution in [0.5, 0.6) is 5.75 Å². The molecule has 35 heavy (non-hydrogen) atoms. The highest BCUT2D eigenvalue weighted by Crippen LogP contribution is 2.38. The van der Waals surface area contributed by atoms with Gasteiger partial charge in [-0.15, -0.1) is 11.3 Å². The lowest BCUT2D eigenvalue weighted by Crippen LogP contribution is -2.13. The molecule has 0 unspecified atom stereocenters. The monoisotopic (exact) mass is 484 g/mol. The van der Waals surface area contributed by atoms with Gasteiger partial charge >= 0.3 is 5.69 Å². The minimum absolute atomic E-state index is 0.0850. The fourth-order valence-electron chi connectivity index (χ4n) is 3.88. The summed E-state index contributed by atoms with van der Waals surface area (Å²) < 4.78 is 5.63. The van der Waals surface area contributed by atoms with E-state index in [9.17, 15) is 25.4 Å². The van der Waals surface area contributed by atoms with Gasteiger partial charge in [-0.1, -0.05) is 36.4 Å². The molecule has 4 rings (SSSR count). The van der Waals surface area contributed by atoms with Crippen LogP contribution in [0.2, 0.25) is 0 Å². The first-order valence-corrected chi connectivity index (χ1v) is 11.7. The molecule has 0 saturated carbocycles. The van der Waals surface area contributed by atoms with Crippen LogP contribution in [0.15, 0.2) is 54.1 Å². The Hall–Kier alpha value is -4.47. The summed E-state index contributed by atoms with van der Waals surface area (Å²) in [5, 5.41) is 33.9. The molecule has 1 heterocycles. The number of anilines is 1. The van der Waals surface area contributed by atoms with Gasteiger partial charge in [0.15, 0.2) is 5.75 Å². The molecule has 0 saturated heterocycles. The molecule has 1 amide bonds. The van der Waals surface area contributed by atoms with Crippen LogP contribution in [-0.2, 0) is 24.2 Å². The molecule has 3 aromatic rings. The van der Waals surface area contributed by atoms with Crippen molar-refractivity contribution in [1.82, 2.24) is 0 Å². The molecule has 0 atom stereocenters. The van der Waals surface area contributed by atoms with Crippen LogP contribution in [0.4, 0.5) is 10.7 Å². The summed E-state index contributed by atoms with van der Waals surface area (Å²) in [5.74, 6) is -0.587. The van der Waals surface area contributed by atoms with Crippen LogP contribution < -0.4 is 10.1 Å². The van der Waals surface area contributed by atoms with E-state index in [1.165, 1.54) is 29.5 Å². The number of thiophene rings is 1. The second-order valence-electron chi connectivity index (χ2n) is 7.91. The molecule has 174 valence electrons. The summed E-state index contributed by atoms with van der Waals surface area (Å²) in [6.07, 6.45) is 4.99. The van der Waals surface area contributed by atoms with Crippen LogP contribution >= 0.6 is 11.3 Å². The molecule has 9 heteroatoms. The van der Waals surface area contributed by atoms with E-state index in [4.69, 9.17) is 4.74 Å². The lowest BCUT2D eigenvalue weighted by atomic mass is 9.96. The first kappa shape index (κ1) is 23.7. The number of nitro benzene ring substituents is 1. The Morgan fingerprint density at radius 1 is 1.17 bits per heavy atom.